The molecule has 4 heteroatoms. The van der Waals surface area contributed by atoms with E-state index >= 15 is 0 Å². The van der Waals surface area contributed by atoms with Gasteiger partial charge in [0.05, 0.1) is 0 Å². The van der Waals surface area contributed by atoms with E-state index < -0.39 is 0 Å². The smallest absolute Gasteiger partial charge is 0.122 e. The fraction of sp³-hybridized carbons (Fsp3) is 0.417. The summed E-state index contributed by atoms with van der Waals surface area (Å²) < 4.78 is 0. The molecule has 1 fully saturated rings. The summed E-state index contributed by atoms with van der Waals surface area (Å²) in [6.45, 7) is 0. The van der Waals surface area contributed by atoms with E-state index in [4.69, 9.17) is 22.3 Å². The third-order valence-electron chi connectivity index (χ3n) is 6.10. The van der Waals surface area contributed by atoms with Gasteiger partial charge in [-0.05, 0) is 55.1 Å². The molecule has 0 heterocycles. The van der Waals surface area contributed by atoms with E-state index in [0.717, 1.165) is 35.8 Å². The molecule has 2 aromatic rings. The first-order valence-electron chi connectivity index (χ1n) is 10.4. The van der Waals surface area contributed by atoms with Crippen LogP contribution in [0.2, 0.25) is 0 Å². The van der Waals surface area contributed by atoms with Crippen molar-refractivity contribution in [3.8, 4) is 0 Å². The lowest BCUT2D eigenvalue weighted by Crippen LogP contribution is -2.17. The Balaban J connectivity index is 1.44. The fourth-order valence-corrected chi connectivity index (χ4v) is 4.37. The molecule has 4 nitrogen and oxygen atoms in total. The highest BCUT2D eigenvalue weighted by Crippen LogP contribution is 2.34. The van der Waals surface area contributed by atoms with Gasteiger partial charge in [-0.15, -0.1) is 0 Å². The van der Waals surface area contributed by atoms with Crippen LogP contribution in [0.3, 0.4) is 0 Å². The summed E-state index contributed by atoms with van der Waals surface area (Å²) in [5, 5.41) is 15.0. The van der Waals surface area contributed by atoms with E-state index in [2.05, 4.69) is 24.3 Å². The summed E-state index contributed by atoms with van der Waals surface area (Å²) in [5.74, 6) is 1.92. The second-order valence-corrected chi connectivity index (χ2v) is 8.20. The molecule has 0 aliphatic heterocycles. The molecule has 28 heavy (non-hydrogen) atoms. The minimum absolute atomic E-state index is 0.137. The number of nitrogens with one attached hydrogen (secondary N) is 2. The number of amidine groups is 2. The Hall–Kier alpha value is -2.62. The average Bonchev–Trinajstić information content (AvgIpc) is 2.71. The van der Waals surface area contributed by atoms with Crippen LogP contribution >= 0.6 is 0 Å². The maximum Gasteiger partial charge on any atom is 0.122 e. The normalized spacial score (nSPS) is 19.3. The van der Waals surface area contributed by atoms with Gasteiger partial charge in [0, 0.05) is 11.1 Å². The second-order valence-electron chi connectivity index (χ2n) is 8.20. The molecule has 0 saturated heterocycles. The molecular weight excluding hydrogens is 344 g/mol. The van der Waals surface area contributed by atoms with Crippen molar-refractivity contribution in [1.29, 1.82) is 10.8 Å². The molecule has 148 valence electrons. The topological polar surface area (TPSA) is 99.7 Å². The van der Waals surface area contributed by atoms with Gasteiger partial charge in [0.25, 0.3) is 0 Å². The van der Waals surface area contributed by atoms with Crippen LogP contribution in [0.25, 0.3) is 0 Å². The van der Waals surface area contributed by atoms with Crippen LogP contribution in [0.4, 0.5) is 0 Å². The van der Waals surface area contributed by atoms with Gasteiger partial charge in [0.2, 0.25) is 0 Å². The Labute approximate surface area is 168 Å². The van der Waals surface area contributed by atoms with E-state index in [1.165, 1.54) is 49.7 Å². The molecule has 3 rings (SSSR count). The van der Waals surface area contributed by atoms with E-state index in [-0.39, 0.29) is 11.7 Å². The zero-order chi connectivity index (χ0) is 19.9. The van der Waals surface area contributed by atoms with Gasteiger partial charge in [0.15, 0.2) is 0 Å². The Morgan fingerprint density at radius 2 is 1.11 bits per heavy atom. The summed E-state index contributed by atoms with van der Waals surface area (Å²) in [5.41, 5.74) is 15.4. The van der Waals surface area contributed by atoms with Gasteiger partial charge in [-0.2, -0.15) is 0 Å². The molecule has 2 atom stereocenters. The van der Waals surface area contributed by atoms with E-state index in [9.17, 15) is 0 Å². The SMILES string of the molecule is N=C(N)c1ccc(CC[C@@H]2CCC[C@@H](CCc3ccc(C(=N)N)cc3)C2)cc1. The summed E-state index contributed by atoms with van der Waals surface area (Å²) in [7, 11) is 0. The standard InChI is InChI=1S/C24H32N4/c25-23(26)21-12-8-17(9-13-21)4-6-19-2-1-3-20(16-19)7-5-18-10-14-22(15-11-18)24(27)28/h8-15,19-20H,1-7,16H2,(H3,25,26)(H3,27,28)/t19-,20-/m0/s1. The van der Waals surface area contributed by atoms with Crippen LogP contribution in [-0.4, -0.2) is 11.7 Å². The Bertz CT molecular complexity index is 725. The lowest BCUT2D eigenvalue weighted by molar-refractivity contribution is 0.244. The molecule has 1 saturated carbocycles. The molecule has 0 spiro atoms. The maximum atomic E-state index is 7.48. The van der Waals surface area contributed by atoms with Gasteiger partial charge in [0.1, 0.15) is 11.7 Å². The predicted molar refractivity (Wildman–Crippen MR) is 117 cm³/mol. The van der Waals surface area contributed by atoms with Crippen LogP contribution in [-0.2, 0) is 12.8 Å². The Morgan fingerprint density at radius 3 is 1.46 bits per heavy atom. The monoisotopic (exact) mass is 376 g/mol. The van der Waals surface area contributed by atoms with E-state index in [1.54, 1.807) is 0 Å². The largest absolute Gasteiger partial charge is 0.384 e. The van der Waals surface area contributed by atoms with Gasteiger partial charge in [-0.25, -0.2) is 0 Å². The lowest BCUT2D eigenvalue weighted by Gasteiger charge is -2.29. The van der Waals surface area contributed by atoms with Crippen LogP contribution < -0.4 is 11.5 Å². The summed E-state index contributed by atoms with van der Waals surface area (Å²) >= 11 is 0. The number of nitrogen functional groups attached to an aromatic ring is 2. The van der Waals surface area contributed by atoms with Gasteiger partial charge in [-0.3, -0.25) is 10.8 Å². The van der Waals surface area contributed by atoms with Crippen LogP contribution in [0.15, 0.2) is 48.5 Å². The van der Waals surface area contributed by atoms with E-state index in [0.29, 0.717) is 0 Å². The van der Waals surface area contributed by atoms with Gasteiger partial charge in [-0.1, -0.05) is 67.8 Å². The van der Waals surface area contributed by atoms with Crippen LogP contribution in [0.5, 0.6) is 0 Å². The number of hydrogen-bond donors (Lipinski definition) is 4. The van der Waals surface area contributed by atoms with Crippen LogP contribution in [0.1, 0.15) is 60.8 Å². The highest BCUT2D eigenvalue weighted by molar-refractivity contribution is 5.95. The number of rotatable bonds is 8. The number of hydrogen-bond acceptors (Lipinski definition) is 2. The molecule has 0 aromatic heterocycles. The van der Waals surface area contributed by atoms with Crippen molar-refractivity contribution in [3.63, 3.8) is 0 Å². The minimum Gasteiger partial charge on any atom is -0.384 e. The predicted octanol–water partition coefficient (Wildman–Crippen LogP) is 4.63. The number of aryl methyl sites for hydroxylation is 2. The zero-order valence-corrected chi connectivity index (χ0v) is 16.6. The van der Waals surface area contributed by atoms with Gasteiger partial charge >= 0.3 is 0 Å². The third-order valence-corrected chi connectivity index (χ3v) is 6.10. The summed E-state index contributed by atoms with van der Waals surface area (Å²) in [6.07, 6.45) is 10.1. The molecule has 0 amide bonds. The number of benzene rings is 2. The van der Waals surface area contributed by atoms with E-state index in [1.807, 2.05) is 24.3 Å². The quantitative estimate of drug-likeness (QED) is 0.399. The molecule has 0 radical (unpaired) electrons. The van der Waals surface area contributed by atoms with Crippen molar-refractivity contribution in [2.24, 2.45) is 23.3 Å². The summed E-state index contributed by atoms with van der Waals surface area (Å²) in [4.78, 5) is 0. The maximum absolute atomic E-state index is 7.48. The van der Waals surface area contributed by atoms with Crippen molar-refractivity contribution in [1.82, 2.24) is 0 Å². The van der Waals surface area contributed by atoms with Crippen molar-refractivity contribution in [2.75, 3.05) is 0 Å². The fourth-order valence-electron chi connectivity index (χ4n) is 4.37. The lowest BCUT2D eigenvalue weighted by atomic mass is 9.77. The Kier molecular flexibility index (Phi) is 6.85. The van der Waals surface area contributed by atoms with Gasteiger partial charge < -0.3 is 11.5 Å². The van der Waals surface area contributed by atoms with Crippen molar-refractivity contribution in [2.45, 2.75) is 51.4 Å². The molecule has 6 N–H and O–H groups in total. The zero-order valence-electron chi connectivity index (χ0n) is 16.6. The molecule has 0 bridgehead atoms. The molecule has 1 aliphatic rings. The molecule has 2 aromatic carbocycles. The molecule has 1 aliphatic carbocycles. The minimum atomic E-state index is 0.137. The first-order valence-corrected chi connectivity index (χ1v) is 10.4. The third kappa shape index (κ3) is 5.69. The molecular formula is C24H32N4. The molecule has 0 unspecified atom stereocenters. The summed E-state index contributed by atoms with van der Waals surface area (Å²) in [6, 6.07) is 16.3. The highest BCUT2D eigenvalue weighted by atomic mass is 14.7. The van der Waals surface area contributed by atoms with Crippen molar-refractivity contribution < 1.29 is 0 Å². The Morgan fingerprint density at radius 1 is 0.714 bits per heavy atom. The second kappa shape index (κ2) is 9.54. The average molecular weight is 377 g/mol. The van der Waals surface area contributed by atoms with Crippen LogP contribution in [0, 0.1) is 22.7 Å². The number of nitrogens with two attached hydrogens (primary N) is 2. The first kappa shape index (κ1) is 20.1. The van der Waals surface area contributed by atoms with Crippen molar-refractivity contribution >= 4 is 11.7 Å². The first-order chi connectivity index (χ1) is 13.5. The highest BCUT2D eigenvalue weighted by Gasteiger charge is 2.21. The van der Waals surface area contributed by atoms with Crippen molar-refractivity contribution in [3.05, 3.63) is 70.8 Å².